The van der Waals surface area contributed by atoms with Gasteiger partial charge in [-0.3, -0.25) is 4.79 Å². The lowest BCUT2D eigenvalue weighted by Crippen LogP contribution is -2.03. The van der Waals surface area contributed by atoms with Gasteiger partial charge in [-0.1, -0.05) is 11.2 Å². The number of rotatable bonds is 2. The van der Waals surface area contributed by atoms with Gasteiger partial charge in [-0.15, -0.1) is 0 Å². The van der Waals surface area contributed by atoms with Gasteiger partial charge in [-0.05, 0) is 30.3 Å². The lowest BCUT2D eigenvalue weighted by atomic mass is 10.2. The van der Waals surface area contributed by atoms with Gasteiger partial charge in [0.05, 0.1) is 0 Å². The Balaban J connectivity index is 1.99. The van der Waals surface area contributed by atoms with Crippen molar-refractivity contribution >= 4 is 0 Å². The van der Waals surface area contributed by atoms with E-state index < -0.39 is 0 Å². The molecule has 1 N–H and O–H groups in total. The molecule has 0 saturated carbocycles. The highest BCUT2D eigenvalue weighted by molar-refractivity contribution is 5.57. The third-order valence-electron chi connectivity index (χ3n) is 2.53. The molecule has 1 aromatic carbocycles. The Morgan fingerprint density at radius 3 is 2.63 bits per heavy atom. The summed E-state index contributed by atoms with van der Waals surface area (Å²) in [6.45, 7) is 0. The van der Waals surface area contributed by atoms with Crippen molar-refractivity contribution in [2.75, 3.05) is 0 Å². The van der Waals surface area contributed by atoms with Crippen LogP contribution in [0.5, 0.6) is 0 Å². The molecule has 2 heterocycles. The van der Waals surface area contributed by atoms with E-state index in [0.29, 0.717) is 17.1 Å². The quantitative estimate of drug-likeness (QED) is 0.764. The molecule has 0 atom stereocenters. The first kappa shape index (κ1) is 11.3. The van der Waals surface area contributed by atoms with Crippen molar-refractivity contribution in [2.45, 2.75) is 0 Å². The first-order valence-corrected chi connectivity index (χ1v) is 5.52. The van der Waals surface area contributed by atoms with E-state index in [2.05, 4.69) is 15.1 Å². The molecule has 0 aliphatic rings. The van der Waals surface area contributed by atoms with Crippen LogP contribution in [0.2, 0.25) is 0 Å². The van der Waals surface area contributed by atoms with E-state index in [1.807, 2.05) is 0 Å². The van der Waals surface area contributed by atoms with E-state index >= 15 is 0 Å². The average Bonchev–Trinajstić information content (AvgIpc) is 2.89. The molecular weight excluding hydrogens is 249 g/mol. The number of H-pyrrole nitrogens is 1. The van der Waals surface area contributed by atoms with Crippen molar-refractivity contribution in [1.29, 1.82) is 0 Å². The fraction of sp³-hybridized carbons (Fsp3) is 0. The number of nitrogens with one attached hydrogen (secondary N) is 1. The Bertz CT molecular complexity index is 762. The fourth-order valence-electron chi connectivity index (χ4n) is 1.62. The van der Waals surface area contributed by atoms with E-state index in [1.165, 1.54) is 18.2 Å². The van der Waals surface area contributed by atoms with Crippen LogP contribution in [0, 0.1) is 5.82 Å². The van der Waals surface area contributed by atoms with Crippen molar-refractivity contribution in [1.82, 2.24) is 15.1 Å². The highest BCUT2D eigenvalue weighted by Crippen LogP contribution is 2.20. The SMILES string of the molecule is O=c1cccc(-c2nc(-c3ccc(F)cc3)no2)[nH]1. The van der Waals surface area contributed by atoms with Crippen LogP contribution in [-0.4, -0.2) is 15.1 Å². The summed E-state index contributed by atoms with van der Waals surface area (Å²) in [5.41, 5.74) is 0.821. The molecule has 0 saturated heterocycles. The Hall–Kier alpha value is -2.76. The van der Waals surface area contributed by atoms with E-state index in [1.54, 1.807) is 24.3 Å². The summed E-state index contributed by atoms with van der Waals surface area (Å²) in [7, 11) is 0. The minimum absolute atomic E-state index is 0.206. The Morgan fingerprint density at radius 2 is 1.89 bits per heavy atom. The zero-order valence-corrected chi connectivity index (χ0v) is 9.63. The summed E-state index contributed by atoms with van der Waals surface area (Å²) in [6, 6.07) is 10.4. The first-order chi connectivity index (χ1) is 9.22. The van der Waals surface area contributed by atoms with Gasteiger partial charge in [0.2, 0.25) is 11.4 Å². The summed E-state index contributed by atoms with van der Waals surface area (Å²) in [6.07, 6.45) is 0. The van der Waals surface area contributed by atoms with Crippen LogP contribution in [0.4, 0.5) is 4.39 Å². The van der Waals surface area contributed by atoms with Gasteiger partial charge in [0.1, 0.15) is 11.5 Å². The third kappa shape index (κ3) is 2.28. The van der Waals surface area contributed by atoms with Gasteiger partial charge >= 0.3 is 0 Å². The fourth-order valence-corrected chi connectivity index (χ4v) is 1.62. The maximum atomic E-state index is 12.8. The van der Waals surface area contributed by atoms with Crippen molar-refractivity contribution in [3.8, 4) is 23.0 Å². The molecule has 0 aliphatic heterocycles. The maximum Gasteiger partial charge on any atom is 0.274 e. The van der Waals surface area contributed by atoms with Crippen LogP contribution in [-0.2, 0) is 0 Å². The van der Waals surface area contributed by atoms with Crippen molar-refractivity contribution < 1.29 is 8.91 Å². The predicted octanol–water partition coefficient (Wildman–Crippen LogP) is 2.23. The second kappa shape index (κ2) is 4.49. The zero-order valence-electron chi connectivity index (χ0n) is 9.63. The number of hydrogen-bond donors (Lipinski definition) is 1. The lowest BCUT2D eigenvalue weighted by Gasteiger charge is -1.93. The number of hydrogen-bond acceptors (Lipinski definition) is 4. The predicted molar refractivity (Wildman–Crippen MR) is 65.7 cm³/mol. The number of pyridine rings is 1. The summed E-state index contributed by atoms with van der Waals surface area (Å²) in [5.74, 6) is 0.205. The van der Waals surface area contributed by atoms with Gasteiger partial charge in [0, 0.05) is 11.6 Å². The molecule has 5 nitrogen and oxygen atoms in total. The van der Waals surface area contributed by atoms with Crippen LogP contribution >= 0.6 is 0 Å². The molecule has 0 aliphatic carbocycles. The number of halogens is 1. The second-order valence-electron chi connectivity index (χ2n) is 3.86. The van der Waals surface area contributed by atoms with E-state index in [0.717, 1.165) is 0 Å². The van der Waals surface area contributed by atoms with Crippen LogP contribution in [0.25, 0.3) is 23.0 Å². The first-order valence-electron chi connectivity index (χ1n) is 5.52. The molecule has 0 spiro atoms. The number of aromatic nitrogens is 3. The molecule has 94 valence electrons. The van der Waals surface area contributed by atoms with Gasteiger partial charge in [0.25, 0.3) is 5.89 Å². The number of benzene rings is 1. The average molecular weight is 257 g/mol. The molecule has 0 bridgehead atoms. The Morgan fingerprint density at radius 1 is 1.11 bits per heavy atom. The molecule has 0 radical (unpaired) electrons. The molecule has 3 rings (SSSR count). The van der Waals surface area contributed by atoms with E-state index in [-0.39, 0.29) is 17.3 Å². The normalized spacial score (nSPS) is 10.6. The van der Waals surface area contributed by atoms with Gasteiger partial charge in [-0.25, -0.2) is 4.39 Å². The molecule has 0 unspecified atom stereocenters. The second-order valence-corrected chi connectivity index (χ2v) is 3.86. The van der Waals surface area contributed by atoms with Crippen molar-refractivity contribution in [3.63, 3.8) is 0 Å². The maximum absolute atomic E-state index is 12.8. The van der Waals surface area contributed by atoms with Gasteiger partial charge < -0.3 is 9.51 Å². The monoisotopic (exact) mass is 257 g/mol. The molecule has 6 heteroatoms. The molecular formula is C13H8FN3O2. The molecule has 0 amide bonds. The smallest absolute Gasteiger partial charge is 0.274 e. The van der Waals surface area contributed by atoms with Crippen LogP contribution < -0.4 is 5.56 Å². The highest BCUT2D eigenvalue weighted by atomic mass is 19.1. The largest absolute Gasteiger partial charge is 0.332 e. The number of aromatic amines is 1. The summed E-state index contributed by atoms with van der Waals surface area (Å²) >= 11 is 0. The summed E-state index contributed by atoms with van der Waals surface area (Å²) in [5, 5.41) is 3.79. The molecule has 2 aromatic heterocycles. The highest BCUT2D eigenvalue weighted by Gasteiger charge is 2.10. The van der Waals surface area contributed by atoms with Crippen LogP contribution in [0.1, 0.15) is 0 Å². The minimum atomic E-state index is -0.333. The summed E-state index contributed by atoms with van der Waals surface area (Å²) in [4.78, 5) is 17.9. The van der Waals surface area contributed by atoms with Crippen molar-refractivity contribution in [2.24, 2.45) is 0 Å². The summed E-state index contributed by atoms with van der Waals surface area (Å²) < 4.78 is 17.9. The van der Waals surface area contributed by atoms with Crippen molar-refractivity contribution in [3.05, 3.63) is 58.6 Å². The van der Waals surface area contributed by atoms with Gasteiger partial charge in [0.15, 0.2) is 0 Å². The minimum Gasteiger partial charge on any atom is -0.332 e. The zero-order chi connectivity index (χ0) is 13.2. The van der Waals surface area contributed by atoms with E-state index in [9.17, 15) is 9.18 Å². The standard InChI is InChI=1S/C13H8FN3O2/c14-9-6-4-8(5-7-9)12-16-13(19-17-12)10-2-1-3-11(18)15-10/h1-7H,(H,15,18). The van der Waals surface area contributed by atoms with Gasteiger partial charge in [-0.2, -0.15) is 4.98 Å². The molecule has 19 heavy (non-hydrogen) atoms. The van der Waals surface area contributed by atoms with E-state index in [4.69, 9.17) is 4.52 Å². The Kier molecular flexibility index (Phi) is 2.68. The topological polar surface area (TPSA) is 71.8 Å². The third-order valence-corrected chi connectivity index (χ3v) is 2.53. The molecule has 0 fully saturated rings. The molecule has 3 aromatic rings. The number of nitrogens with zero attached hydrogens (tertiary/aromatic N) is 2. The van der Waals surface area contributed by atoms with Crippen LogP contribution in [0.3, 0.4) is 0 Å². The Labute approximate surface area is 106 Å². The van der Waals surface area contributed by atoms with Crippen LogP contribution in [0.15, 0.2) is 51.8 Å². The lowest BCUT2D eigenvalue weighted by molar-refractivity contribution is 0.431.